The third kappa shape index (κ3) is 4.23. The van der Waals surface area contributed by atoms with E-state index in [4.69, 9.17) is 5.11 Å². The number of fused-ring (bicyclic) bond motifs is 1. The standard InChI is InChI=1S/C20H22N2O7S/c1-11(2)13-5-3-12(4-6-13)8-22-15-10-30(28,29)9-14(15)18(25)17(20(22)27)19(26)21-7-16(23)24/h3-6,11,25H,7-10H2,1-2H3,(H,21,26)(H,23,24). The molecule has 0 saturated carbocycles. The van der Waals surface area contributed by atoms with Crippen molar-refractivity contribution in [1.29, 1.82) is 0 Å². The summed E-state index contributed by atoms with van der Waals surface area (Å²) in [5, 5.41) is 21.2. The zero-order valence-corrected chi connectivity index (χ0v) is 17.3. The minimum Gasteiger partial charge on any atom is -0.507 e. The summed E-state index contributed by atoms with van der Waals surface area (Å²) >= 11 is 0. The maximum atomic E-state index is 13.0. The van der Waals surface area contributed by atoms with Crippen molar-refractivity contribution < 1.29 is 28.2 Å². The average molecular weight is 434 g/mol. The number of aromatic hydroxyl groups is 1. The van der Waals surface area contributed by atoms with Crippen LogP contribution in [0.1, 0.15) is 52.5 Å². The van der Waals surface area contributed by atoms with Crippen LogP contribution in [0.4, 0.5) is 0 Å². The van der Waals surface area contributed by atoms with Gasteiger partial charge in [-0.1, -0.05) is 38.1 Å². The molecule has 2 heterocycles. The number of carboxylic acid groups (broad SMARTS) is 1. The molecule has 2 aromatic rings. The van der Waals surface area contributed by atoms with Crippen molar-refractivity contribution in [2.24, 2.45) is 0 Å². The van der Waals surface area contributed by atoms with Crippen LogP contribution in [0.2, 0.25) is 0 Å². The van der Waals surface area contributed by atoms with Crippen LogP contribution in [0, 0.1) is 0 Å². The summed E-state index contributed by atoms with van der Waals surface area (Å²) in [6.07, 6.45) is 0. The fraction of sp³-hybridized carbons (Fsp3) is 0.350. The Hall–Kier alpha value is -3.14. The third-order valence-electron chi connectivity index (χ3n) is 4.99. The quantitative estimate of drug-likeness (QED) is 0.615. The molecule has 0 bridgehead atoms. The summed E-state index contributed by atoms with van der Waals surface area (Å²) in [6.45, 7) is 3.34. The molecule has 1 aliphatic heterocycles. The highest BCUT2D eigenvalue weighted by Gasteiger charge is 2.35. The van der Waals surface area contributed by atoms with Crippen molar-refractivity contribution >= 4 is 21.7 Å². The number of aliphatic carboxylic acids is 1. The first-order chi connectivity index (χ1) is 14.0. The van der Waals surface area contributed by atoms with Gasteiger partial charge in [0, 0.05) is 11.3 Å². The second-order valence-corrected chi connectivity index (χ2v) is 9.61. The molecule has 30 heavy (non-hydrogen) atoms. The normalized spacial score (nSPS) is 14.5. The predicted molar refractivity (Wildman–Crippen MR) is 108 cm³/mol. The molecule has 0 unspecified atom stereocenters. The minimum atomic E-state index is -3.59. The van der Waals surface area contributed by atoms with Gasteiger partial charge in [-0.05, 0) is 17.0 Å². The Kier molecular flexibility index (Phi) is 5.71. The van der Waals surface area contributed by atoms with E-state index in [1.54, 1.807) is 0 Å². The fourth-order valence-corrected chi connectivity index (χ4v) is 5.00. The summed E-state index contributed by atoms with van der Waals surface area (Å²) < 4.78 is 25.5. The van der Waals surface area contributed by atoms with E-state index >= 15 is 0 Å². The Morgan fingerprint density at radius 1 is 1.17 bits per heavy atom. The molecule has 0 fully saturated rings. The summed E-state index contributed by atoms with van der Waals surface area (Å²) in [5.41, 5.74) is 0.410. The van der Waals surface area contributed by atoms with Gasteiger partial charge in [0.25, 0.3) is 11.5 Å². The summed E-state index contributed by atoms with van der Waals surface area (Å²) in [7, 11) is -3.59. The summed E-state index contributed by atoms with van der Waals surface area (Å²) in [5.74, 6) is -3.72. The molecule has 9 nitrogen and oxygen atoms in total. The number of hydrogen-bond donors (Lipinski definition) is 3. The Labute approximate surface area is 172 Å². The smallest absolute Gasteiger partial charge is 0.322 e. The van der Waals surface area contributed by atoms with Gasteiger partial charge in [-0.25, -0.2) is 8.42 Å². The Balaban J connectivity index is 2.11. The lowest BCUT2D eigenvalue weighted by molar-refractivity contribution is -0.135. The van der Waals surface area contributed by atoms with Gasteiger partial charge in [-0.2, -0.15) is 0 Å². The van der Waals surface area contributed by atoms with Crippen LogP contribution in [0.5, 0.6) is 5.75 Å². The van der Waals surface area contributed by atoms with E-state index in [1.165, 1.54) is 4.57 Å². The van der Waals surface area contributed by atoms with Crippen molar-refractivity contribution in [2.75, 3.05) is 6.54 Å². The van der Waals surface area contributed by atoms with Gasteiger partial charge in [0.15, 0.2) is 9.84 Å². The Morgan fingerprint density at radius 3 is 2.37 bits per heavy atom. The first kappa shape index (κ1) is 21.6. The topological polar surface area (TPSA) is 143 Å². The van der Waals surface area contributed by atoms with E-state index in [-0.39, 0.29) is 17.8 Å². The number of sulfone groups is 1. The number of nitrogens with zero attached hydrogens (tertiary/aromatic N) is 1. The minimum absolute atomic E-state index is 0.00567. The summed E-state index contributed by atoms with van der Waals surface area (Å²) in [6, 6.07) is 7.44. The van der Waals surface area contributed by atoms with E-state index in [2.05, 4.69) is 0 Å². The highest BCUT2D eigenvalue weighted by molar-refractivity contribution is 7.90. The zero-order chi connectivity index (χ0) is 22.2. The molecule has 0 saturated heterocycles. The Morgan fingerprint density at radius 2 is 1.80 bits per heavy atom. The molecule has 1 aromatic heterocycles. The lowest BCUT2D eigenvalue weighted by Gasteiger charge is -2.16. The third-order valence-corrected chi connectivity index (χ3v) is 6.43. The molecule has 0 aliphatic carbocycles. The number of amides is 1. The second-order valence-electron chi connectivity index (χ2n) is 7.55. The van der Waals surface area contributed by atoms with E-state index in [0.29, 0.717) is 5.92 Å². The van der Waals surface area contributed by atoms with Crippen LogP contribution in [-0.4, -0.2) is 41.6 Å². The zero-order valence-electron chi connectivity index (χ0n) is 16.5. The molecule has 1 amide bonds. The SMILES string of the molecule is CC(C)c1ccc(Cn2c3c(c(O)c(C(=O)NCC(=O)O)c2=O)CS(=O)(=O)C3)cc1. The lowest BCUT2D eigenvalue weighted by atomic mass is 10.0. The van der Waals surface area contributed by atoms with E-state index in [1.807, 2.05) is 43.4 Å². The second kappa shape index (κ2) is 7.94. The first-order valence-corrected chi connectivity index (χ1v) is 11.1. The fourth-order valence-electron chi connectivity index (χ4n) is 3.41. The van der Waals surface area contributed by atoms with Crippen molar-refractivity contribution in [3.8, 4) is 5.75 Å². The van der Waals surface area contributed by atoms with Gasteiger partial charge in [0.05, 0.1) is 18.1 Å². The average Bonchev–Trinajstić information content (AvgIpc) is 2.99. The van der Waals surface area contributed by atoms with Crippen molar-refractivity contribution in [1.82, 2.24) is 9.88 Å². The molecule has 0 spiro atoms. The van der Waals surface area contributed by atoms with Gasteiger partial charge >= 0.3 is 5.97 Å². The van der Waals surface area contributed by atoms with Crippen LogP contribution in [0.3, 0.4) is 0 Å². The van der Waals surface area contributed by atoms with Gasteiger partial charge in [0.1, 0.15) is 17.9 Å². The van der Waals surface area contributed by atoms with E-state index in [9.17, 15) is 27.9 Å². The van der Waals surface area contributed by atoms with Gasteiger partial charge in [0.2, 0.25) is 0 Å². The number of carbonyl (C=O) groups excluding carboxylic acids is 1. The maximum Gasteiger partial charge on any atom is 0.322 e. The maximum absolute atomic E-state index is 13.0. The number of pyridine rings is 1. The molecular formula is C20H22N2O7S. The number of carboxylic acids is 1. The molecule has 3 N–H and O–H groups in total. The molecule has 0 atom stereocenters. The molecule has 1 aliphatic rings. The largest absolute Gasteiger partial charge is 0.507 e. The van der Waals surface area contributed by atoms with Crippen LogP contribution < -0.4 is 10.9 Å². The number of carbonyl (C=O) groups is 2. The van der Waals surface area contributed by atoms with Gasteiger partial charge in [-0.3, -0.25) is 14.4 Å². The molecule has 3 rings (SSSR count). The number of hydrogen-bond acceptors (Lipinski definition) is 6. The summed E-state index contributed by atoms with van der Waals surface area (Å²) in [4.78, 5) is 36.1. The highest BCUT2D eigenvalue weighted by Crippen LogP contribution is 2.33. The number of rotatable bonds is 6. The molecule has 160 valence electrons. The highest BCUT2D eigenvalue weighted by atomic mass is 32.2. The number of nitrogens with one attached hydrogen (secondary N) is 1. The van der Waals surface area contributed by atoms with E-state index in [0.717, 1.165) is 11.1 Å². The molecule has 0 radical (unpaired) electrons. The van der Waals surface area contributed by atoms with Crippen molar-refractivity contribution in [2.45, 2.75) is 37.8 Å². The molecular weight excluding hydrogens is 412 g/mol. The predicted octanol–water partition coefficient (Wildman–Crippen LogP) is 0.968. The van der Waals surface area contributed by atoms with Crippen molar-refractivity contribution in [3.05, 3.63) is 62.6 Å². The van der Waals surface area contributed by atoms with Gasteiger partial charge < -0.3 is 20.1 Å². The van der Waals surface area contributed by atoms with Crippen LogP contribution >= 0.6 is 0 Å². The molecule has 1 aromatic carbocycles. The van der Waals surface area contributed by atoms with E-state index < -0.39 is 56.6 Å². The number of aromatic nitrogens is 1. The monoisotopic (exact) mass is 434 g/mol. The first-order valence-electron chi connectivity index (χ1n) is 9.27. The number of benzene rings is 1. The Bertz CT molecular complexity index is 1180. The lowest BCUT2D eigenvalue weighted by Crippen LogP contribution is -2.37. The van der Waals surface area contributed by atoms with Crippen LogP contribution in [0.25, 0.3) is 0 Å². The van der Waals surface area contributed by atoms with Crippen LogP contribution in [-0.2, 0) is 32.7 Å². The van der Waals surface area contributed by atoms with Gasteiger partial charge in [-0.15, -0.1) is 0 Å². The molecule has 10 heteroatoms. The van der Waals surface area contributed by atoms with Crippen molar-refractivity contribution in [3.63, 3.8) is 0 Å². The van der Waals surface area contributed by atoms with Crippen LogP contribution in [0.15, 0.2) is 29.1 Å².